The number of hydrogen-bond acceptors (Lipinski definition) is 2. The van der Waals surface area contributed by atoms with Gasteiger partial charge in [-0.25, -0.2) is 0 Å². The van der Waals surface area contributed by atoms with Crippen LogP contribution in [0.2, 0.25) is 0 Å². The molecule has 0 saturated carbocycles. The molecule has 126 valence electrons. The molecule has 2 nitrogen and oxygen atoms in total. The molecule has 2 heteroatoms. The number of unbranched alkanes of at least 4 members (excludes halogenated alkanes) is 5. The van der Waals surface area contributed by atoms with Gasteiger partial charge >= 0.3 is 0 Å². The average Bonchev–Trinajstić information content (AvgIpc) is 2.48. The van der Waals surface area contributed by atoms with E-state index >= 15 is 0 Å². The predicted octanol–water partition coefficient (Wildman–Crippen LogP) is 6.11. The maximum atomic E-state index is 5.72. The second-order valence-electron chi connectivity index (χ2n) is 6.54. The number of ether oxygens (including phenoxy) is 2. The largest absolute Gasteiger partial charge is 0.502 e. The molecular formula is C19H38O2. The van der Waals surface area contributed by atoms with Gasteiger partial charge in [-0.3, -0.25) is 0 Å². The summed E-state index contributed by atoms with van der Waals surface area (Å²) in [5.41, 5.74) is -0.0238. The maximum absolute atomic E-state index is 5.72. The second kappa shape index (κ2) is 13.2. The maximum Gasteiger partial charge on any atom is 0.0873 e. The van der Waals surface area contributed by atoms with E-state index in [9.17, 15) is 0 Å². The topological polar surface area (TPSA) is 18.5 Å². The van der Waals surface area contributed by atoms with Gasteiger partial charge in [-0.15, -0.1) is 0 Å². The Kier molecular flexibility index (Phi) is 12.9. The van der Waals surface area contributed by atoms with Gasteiger partial charge < -0.3 is 9.47 Å². The molecule has 0 bridgehead atoms. The highest BCUT2D eigenvalue weighted by Crippen LogP contribution is 2.30. The van der Waals surface area contributed by atoms with Crippen molar-refractivity contribution in [3.05, 3.63) is 12.3 Å². The fourth-order valence-electron chi connectivity index (χ4n) is 2.75. The van der Waals surface area contributed by atoms with Crippen LogP contribution in [-0.4, -0.2) is 19.3 Å². The van der Waals surface area contributed by atoms with Crippen molar-refractivity contribution in [3.63, 3.8) is 0 Å². The smallest absolute Gasteiger partial charge is 0.0873 e. The van der Waals surface area contributed by atoms with Gasteiger partial charge in [0.2, 0.25) is 0 Å². The molecule has 0 saturated heterocycles. The van der Waals surface area contributed by atoms with Crippen LogP contribution in [0.15, 0.2) is 12.3 Å². The van der Waals surface area contributed by atoms with Crippen molar-refractivity contribution in [2.24, 2.45) is 5.92 Å². The number of rotatable bonds is 14. The van der Waals surface area contributed by atoms with Crippen LogP contribution in [0, 0.1) is 5.92 Å². The Morgan fingerprint density at radius 2 is 1.57 bits per heavy atom. The molecule has 1 atom stereocenters. The fourth-order valence-corrected chi connectivity index (χ4v) is 2.75. The van der Waals surface area contributed by atoms with Gasteiger partial charge in [-0.2, -0.15) is 0 Å². The van der Waals surface area contributed by atoms with Crippen LogP contribution < -0.4 is 0 Å². The van der Waals surface area contributed by atoms with E-state index in [0.717, 1.165) is 13.0 Å². The molecule has 21 heavy (non-hydrogen) atoms. The molecule has 0 fully saturated rings. The zero-order valence-electron chi connectivity index (χ0n) is 15.1. The first-order chi connectivity index (χ1) is 10.1. The minimum Gasteiger partial charge on any atom is -0.502 e. The Morgan fingerprint density at radius 3 is 2.19 bits per heavy atom. The van der Waals surface area contributed by atoms with E-state index < -0.39 is 0 Å². The molecule has 0 heterocycles. The summed E-state index contributed by atoms with van der Waals surface area (Å²) in [6.07, 6.45) is 15.5. The van der Waals surface area contributed by atoms with Crippen LogP contribution in [0.1, 0.15) is 85.5 Å². The zero-order chi connectivity index (χ0) is 16.0. The van der Waals surface area contributed by atoms with Crippen LogP contribution in [0.4, 0.5) is 0 Å². The van der Waals surface area contributed by atoms with E-state index in [4.69, 9.17) is 9.47 Å². The van der Waals surface area contributed by atoms with Gasteiger partial charge in [0, 0.05) is 7.11 Å². The average molecular weight is 299 g/mol. The lowest BCUT2D eigenvalue weighted by Gasteiger charge is -2.33. The Bertz CT molecular complexity index is 246. The van der Waals surface area contributed by atoms with Crippen molar-refractivity contribution in [2.45, 2.75) is 91.1 Å². The van der Waals surface area contributed by atoms with E-state index in [1.165, 1.54) is 51.4 Å². The molecule has 0 aromatic carbocycles. The van der Waals surface area contributed by atoms with E-state index in [-0.39, 0.29) is 5.60 Å². The van der Waals surface area contributed by atoms with Gasteiger partial charge in [0.1, 0.15) is 0 Å². The van der Waals surface area contributed by atoms with E-state index in [1.807, 2.05) is 20.1 Å². The number of methoxy groups -OCH3 is 1. The Labute approximate surface area is 133 Å². The summed E-state index contributed by atoms with van der Waals surface area (Å²) in [5.74, 6) is 0.628. The normalized spacial score (nSPS) is 13.8. The van der Waals surface area contributed by atoms with Crippen molar-refractivity contribution >= 4 is 0 Å². The molecule has 0 aliphatic heterocycles. The van der Waals surface area contributed by atoms with Gasteiger partial charge in [0.25, 0.3) is 0 Å². The predicted molar refractivity (Wildman–Crippen MR) is 92.6 cm³/mol. The first-order valence-electron chi connectivity index (χ1n) is 8.86. The summed E-state index contributed by atoms with van der Waals surface area (Å²) in [6, 6.07) is 0. The molecular weight excluding hydrogens is 260 g/mol. The number of hydrogen-bond donors (Lipinski definition) is 0. The molecule has 0 radical (unpaired) electrons. The molecule has 1 unspecified atom stereocenters. The van der Waals surface area contributed by atoms with Gasteiger partial charge in [0.15, 0.2) is 0 Å². The van der Waals surface area contributed by atoms with Crippen molar-refractivity contribution in [1.82, 2.24) is 0 Å². The van der Waals surface area contributed by atoms with Crippen LogP contribution in [0.3, 0.4) is 0 Å². The monoisotopic (exact) mass is 298 g/mol. The Hall–Kier alpha value is -0.500. The lowest BCUT2D eigenvalue weighted by molar-refractivity contribution is -0.0362. The second-order valence-corrected chi connectivity index (χ2v) is 6.54. The Morgan fingerprint density at radius 1 is 0.952 bits per heavy atom. The molecule has 0 aromatic rings. The zero-order valence-corrected chi connectivity index (χ0v) is 15.1. The molecule has 0 spiro atoms. The summed E-state index contributed by atoms with van der Waals surface area (Å²) in [4.78, 5) is 0. The van der Waals surface area contributed by atoms with Crippen molar-refractivity contribution in [1.29, 1.82) is 0 Å². The van der Waals surface area contributed by atoms with Crippen LogP contribution in [-0.2, 0) is 9.47 Å². The van der Waals surface area contributed by atoms with Gasteiger partial charge in [-0.05, 0) is 46.0 Å². The van der Waals surface area contributed by atoms with Crippen LogP contribution in [0.5, 0.6) is 0 Å². The van der Waals surface area contributed by atoms with Crippen LogP contribution >= 0.6 is 0 Å². The van der Waals surface area contributed by atoms with Gasteiger partial charge in [-0.1, -0.05) is 51.5 Å². The van der Waals surface area contributed by atoms with Crippen LogP contribution in [0.25, 0.3) is 0 Å². The highest BCUT2D eigenvalue weighted by molar-refractivity contribution is 4.79. The first kappa shape index (κ1) is 20.5. The Balaban J connectivity index is 3.98. The summed E-state index contributed by atoms with van der Waals surface area (Å²) in [6.45, 7) is 9.52. The van der Waals surface area contributed by atoms with E-state index in [2.05, 4.69) is 20.8 Å². The summed E-state index contributed by atoms with van der Waals surface area (Å²) in [5, 5.41) is 0. The third-order valence-electron chi connectivity index (χ3n) is 4.46. The van der Waals surface area contributed by atoms with Crippen molar-refractivity contribution < 1.29 is 9.47 Å². The third-order valence-corrected chi connectivity index (χ3v) is 4.46. The highest BCUT2D eigenvalue weighted by Gasteiger charge is 2.28. The van der Waals surface area contributed by atoms with E-state index in [0.29, 0.717) is 5.92 Å². The lowest BCUT2D eigenvalue weighted by Crippen LogP contribution is -2.33. The minimum absolute atomic E-state index is 0.0238. The van der Waals surface area contributed by atoms with Crippen molar-refractivity contribution in [3.8, 4) is 0 Å². The summed E-state index contributed by atoms with van der Waals surface area (Å²) < 4.78 is 11.1. The molecule has 0 aliphatic rings. The van der Waals surface area contributed by atoms with Crippen molar-refractivity contribution in [2.75, 3.05) is 13.7 Å². The lowest BCUT2D eigenvalue weighted by atomic mass is 9.82. The summed E-state index contributed by atoms with van der Waals surface area (Å²) in [7, 11) is 1.84. The van der Waals surface area contributed by atoms with Gasteiger partial charge in [0.05, 0.1) is 18.5 Å². The first-order valence-corrected chi connectivity index (χ1v) is 8.86. The molecule has 0 aromatic heterocycles. The fraction of sp³-hybridized carbons (Fsp3) is 0.895. The molecule has 0 amide bonds. The molecule has 0 rings (SSSR count). The third kappa shape index (κ3) is 10.8. The SMILES string of the molecule is CC=COCCCC(CCCCCCCC)C(C)(C)OC. The molecule has 0 N–H and O–H groups in total. The highest BCUT2D eigenvalue weighted by atomic mass is 16.5. The summed E-state index contributed by atoms with van der Waals surface area (Å²) >= 11 is 0. The standard InChI is InChI=1S/C19H38O2/c1-6-8-9-10-11-12-14-18(19(3,4)20-5)15-13-17-21-16-7-2/h7,16,18H,6,8-15,17H2,1-5H3. The van der Waals surface area contributed by atoms with E-state index in [1.54, 1.807) is 6.26 Å². The quantitative estimate of drug-likeness (QED) is 0.284. The minimum atomic E-state index is -0.0238. The number of allylic oxidation sites excluding steroid dienone is 1. The molecule has 0 aliphatic carbocycles.